The van der Waals surface area contributed by atoms with E-state index in [9.17, 15) is 14.7 Å². The summed E-state index contributed by atoms with van der Waals surface area (Å²) < 4.78 is 11.5. The van der Waals surface area contributed by atoms with Gasteiger partial charge in [-0.2, -0.15) is 0 Å². The number of hydrogen-bond donors (Lipinski definition) is 3. The third-order valence-corrected chi connectivity index (χ3v) is 5.56. The van der Waals surface area contributed by atoms with E-state index in [0.717, 1.165) is 26.7 Å². The number of amides is 3. The Balaban J connectivity index is 1.43. The number of nitrogens with one attached hydrogen (secondary N) is 2. The predicted octanol–water partition coefficient (Wildman–Crippen LogP) is 3.69. The molecule has 8 heteroatoms. The first kappa shape index (κ1) is 20.1. The van der Waals surface area contributed by atoms with Crippen molar-refractivity contribution >= 4 is 23.7 Å². The van der Waals surface area contributed by atoms with Gasteiger partial charge in [0.25, 0.3) is 5.91 Å². The highest BCUT2D eigenvalue weighted by atomic mass is 32.2. The van der Waals surface area contributed by atoms with Gasteiger partial charge in [-0.15, -0.1) is 0 Å². The van der Waals surface area contributed by atoms with Crippen LogP contribution in [0.1, 0.15) is 28.7 Å². The summed E-state index contributed by atoms with van der Waals surface area (Å²) in [4.78, 5) is 25.1. The molecule has 0 aliphatic carbocycles. The molecule has 0 radical (unpaired) electrons. The molecule has 4 rings (SSSR count). The van der Waals surface area contributed by atoms with Crippen molar-refractivity contribution in [1.82, 2.24) is 10.6 Å². The molecule has 0 bridgehead atoms. The predicted molar refractivity (Wildman–Crippen MR) is 110 cm³/mol. The zero-order chi connectivity index (χ0) is 21.1. The Morgan fingerprint density at radius 2 is 1.87 bits per heavy atom. The molecule has 1 aromatic heterocycles. The molecule has 3 aromatic rings. The summed E-state index contributed by atoms with van der Waals surface area (Å²) >= 11 is 1.44. The highest BCUT2D eigenvalue weighted by Gasteiger charge is 2.35. The monoisotopic (exact) mass is 424 g/mol. The van der Waals surface area contributed by atoms with Crippen LogP contribution < -0.4 is 15.4 Å². The number of imide groups is 1. The normalized spacial score (nSPS) is 15.7. The van der Waals surface area contributed by atoms with E-state index in [-0.39, 0.29) is 6.61 Å². The number of carbonyl (C=O) groups excluding carboxylic acids is 2. The zero-order valence-corrected chi connectivity index (χ0v) is 17.0. The molecule has 30 heavy (non-hydrogen) atoms. The van der Waals surface area contributed by atoms with Crippen molar-refractivity contribution in [2.45, 2.75) is 36.0 Å². The third-order valence-electron chi connectivity index (χ3n) is 4.52. The quantitative estimate of drug-likeness (QED) is 0.500. The molecule has 3 amide bonds. The number of ether oxygens (including phenoxy) is 1. The van der Waals surface area contributed by atoms with Gasteiger partial charge in [-0.05, 0) is 48.4 Å². The number of aliphatic hydroxyl groups excluding tert-OH is 1. The molecule has 1 aliphatic heterocycles. The van der Waals surface area contributed by atoms with Crippen molar-refractivity contribution in [3.8, 4) is 5.75 Å². The molecule has 1 unspecified atom stereocenters. The molecular formula is C22H20N2O5S. The minimum Gasteiger partial charge on any atom is -0.489 e. The number of carbonyl (C=O) groups is 2. The van der Waals surface area contributed by atoms with Gasteiger partial charge in [0.1, 0.15) is 23.9 Å². The van der Waals surface area contributed by atoms with E-state index in [1.807, 2.05) is 54.6 Å². The van der Waals surface area contributed by atoms with Gasteiger partial charge in [-0.25, -0.2) is 4.79 Å². The summed E-state index contributed by atoms with van der Waals surface area (Å²) in [6.45, 7) is 2.20. The highest BCUT2D eigenvalue weighted by Crippen LogP contribution is 2.37. The smallest absolute Gasteiger partial charge is 0.322 e. The standard InChI is InChI=1S/C22H20N2O5S/c1-13-9-18(20(29-13)19-21(26)24-22(27)23-19)30-17-7-5-16(6-8-17)28-12-15-4-2-3-14(10-15)11-25/h2-10,19,25H,11-12H2,1H3,(H2,23,24,26,27). The van der Waals surface area contributed by atoms with Crippen molar-refractivity contribution in [3.63, 3.8) is 0 Å². The second-order valence-corrected chi connectivity index (χ2v) is 7.94. The topological polar surface area (TPSA) is 101 Å². The fourth-order valence-electron chi connectivity index (χ4n) is 3.11. The Labute approximate surface area is 177 Å². The van der Waals surface area contributed by atoms with Crippen molar-refractivity contribution in [2.24, 2.45) is 0 Å². The molecule has 0 saturated carbocycles. The van der Waals surface area contributed by atoms with Crippen molar-refractivity contribution in [3.05, 3.63) is 77.2 Å². The molecule has 2 heterocycles. The summed E-state index contributed by atoms with van der Waals surface area (Å²) in [5.41, 5.74) is 1.83. The number of aliphatic hydroxyl groups is 1. The maximum absolute atomic E-state index is 12.0. The lowest BCUT2D eigenvalue weighted by atomic mass is 10.1. The van der Waals surface area contributed by atoms with Gasteiger partial charge in [0.05, 0.1) is 11.5 Å². The van der Waals surface area contributed by atoms with Crippen LogP contribution in [0.2, 0.25) is 0 Å². The van der Waals surface area contributed by atoms with Crippen LogP contribution in [-0.2, 0) is 18.0 Å². The SMILES string of the molecule is Cc1cc(Sc2ccc(OCc3cccc(CO)c3)cc2)c(C2NC(=O)NC2=O)o1. The average molecular weight is 424 g/mol. The van der Waals surface area contributed by atoms with Crippen molar-refractivity contribution < 1.29 is 23.8 Å². The van der Waals surface area contributed by atoms with E-state index in [1.54, 1.807) is 6.92 Å². The fourth-order valence-corrected chi connectivity index (χ4v) is 4.12. The molecular weight excluding hydrogens is 404 g/mol. The largest absolute Gasteiger partial charge is 0.489 e. The van der Waals surface area contributed by atoms with Gasteiger partial charge < -0.3 is 19.6 Å². The first-order valence-corrected chi connectivity index (χ1v) is 10.1. The second kappa shape index (κ2) is 8.64. The molecule has 2 aromatic carbocycles. The van der Waals surface area contributed by atoms with E-state index in [2.05, 4.69) is 10.6 Å². The number of benzene rings is 2. The summed E-state index contributed by atoms with van der Waals surface area (Å²) in [5, 5.41) is 14.0. The number of hydrogen-bond acceptors (Lipinski definition) is 6. The summed E-state index contributed by atoms with van der Waals surface area (Å²) in [6, 6.07) is 15.7. The first-order chi connectivity index (χ1) is 14.5. The minimum atomic E-state index is -0.828. The molecule has 7 nitrogen and oxygen atoms in total. The summed E-state index contributed by atoms with van der Waals surface area (Å²) in [7, 11) is 0. The first-order valence-electron chi connectivity index (χ1n) is 9.33. The number of urea groups is 1. The lowest BCUT2D eigenvalue weighted by molar-refractivity contribution is -0.120. The molecule has 1 atom stereocenters. The molecule has 1 aliphatic rings. The molecule has 3 N–H and O–H groups in total. The lowest BCUT2D eigenvalue weighted by Crippen LogP contribution is -2.22. The van der Waals surface area contributed by atoms with Crippen LogP contribution in [0.4, 0.5) is 4.79 Å². The van der Waals surface area contributed by atoms with Crippen LogP contribution in [-0.4, -0.2) is 17.0 Å². The maximum Gasteiger partial charge on any atom is 0.322 e. The second-order valence-electron chi connectivity index (χ2n) is 6.82. The lowest BCUT2D eigenvalue weighted by Gasteiger charge is -2.09. The van der Waals surface area contributed by atoms with Crippen LogP contribution in [0.25, 0.3) is 0 Å². The van der Waals surface area contributed by atoms with Crippen LogP contribution >= 0.6 is 11.8 Å². The van der Waals surface area contributed by atoms with Gasteiger partial charge in [0.2, 0.25) is 0 Å². The van der Waals surface area contributed by atoms with Crippen LogP contribution in [0, 0.1) is 6.92 Å². The Morgan fingerprint density at radius 1 is 1.10 bits per heavy atom. The van der Waals surface area contributed by atoms with Crippen LogP contribution in [0.5, 0.6) is 5.75 Å². The molecule has 1 fully saturated rings. The number of rotatable bonds is 7. The van der Waals surface area contributed by atoms with Crippen molar-refractivity contribution in [2.75, 3.05) is 0 Å². The van der Waals surface area contributed by atoms with Gasteiger partial charge in [0, 0.05) is 4.90 Å². The average Bonchev–Trinajstić information content (AvgIpc) is 3.27. The van der Waals surface area contributed by atoms with E-state index in [4.69, 9.17) is 9.15 Å². The van der Waals surface area contributed by atoms with Crippen LogP contribution in [0.3, 0.4) is 0 Å². The number of aryl methyl sites for hydroxylation is 1. The highest BCUT2D eigenvalue weighted by molar-refractivity contribution is 7.99. The molecule has 154 valence electrons. The van der Waals surface area contributed by atoms with E-state index in [1.165, 1.54) is 11.8 Å². The van der Waals surface area contributed by atoms with Crippen molar-refractivity contribution in [1.29, 1.82) is 0 Å². The van der Waals surface area contributed by atoms with Crippen LogP contribution in [0.15, 0.2) is 68.8 Å². The van der Waals surface area contributed by atoms with E-state index >= 15 is 0 Å². The number of furan rings is 1. The zero-order valence-electron chi connectivity index (χ0n) is 16.2. The van der Waals surface area contributed by atoms with Gasteiger partial charge >= 0.3 is 6.03 Å². The molecule has 0 spiro atoms. The van der Waals surface area contributed by atoms with Gasteiger partial charge in [-0.3, -0.25) is 10.1 Å². The Hall–Kier alpha value is -3.23. The van der Waals surface area contributed by atoms with Gasteiger partial charge in [-0.1, -0.05) is 36.0 Å². The minimum absolute atomic E-state index is 0.00142. The summed E-state index contributed by atoms with van der Waals surface area (Å²) in [5.74, 6) is 1.38. The van der Waals surface area contributed by atoms with E-state index < -0.39 is 18.0 Å². The maximum atomic E-state index is 12.0. The van der Waals surface area contributed by atoms with E-state index in [0.29, 0.717) is 18.1 Å². The summed E-state index contributed by atoms with van der Waals surface area (Å²) in [6.07, 6.45) is 0. The van der Waals surface area contributed by atoms with Gasteiger partial charge in [0.15, 0.2) is 6.04 Å². The Kier molecular flexibility index (Phi) is 5.78. The third kappa shape index (κ3) is 4.50. The Morgan fingerprint density at radius 3 is 2.57 bits per heavy atom. The Bertz CT molecular complexity index is 1080. The molecule has 1 saturated heterocycles. The fraction of sp³-hybridized carbons (Fsp3) is 0.182.